The summed E-state index contributed by atoms with van der Waals surface area (Å²) in [7, 11) is -3.72. The van der Waals surface area contributed by atoms with Crippen LogP contribution in [0.25, 0.3) is 4.91 Å². The number of amidine groups is 1. The molecule has 1 N–H and O–H groups in total. The summed E-state index contributed by atoms with van der Waals surface area (Å²) in [4.78, 5) is 14.6. The van der Waals surface area contributed by atoms with Gasteiger partial charge in [0.15, 0.2) is 0 Å². The van der Waals surface area contributed by atoms with E-state index >= 15 is 0 Å². The number of ether oxygens (including phenoxy) is 1. The number of nitrogens with zero attached hydrogens (tertiary/aromatic N) is 2. The van der Waals surface area contributed by atoms with Crippen molar-refractivity contribution in [2.24, 2.45) is 4.40 Å². The second-order valence-electron chi connectivity index (χ2n) is 8.41. The summed E-state index contributed by atoms with van der Waals surface area (Å²) >= 11 is 0. The van der Waals surface area contributed by atoms with Crippen LogP contribution in [-0.2, 0) is 19.6 Å². The van der Waals surface area contributed by atoms with E-state index in [1.807, 2.05) is 43.9 Å². The van der Waals surface area contributed by atoms with Crippen molar-refractivity contribution >= 4 is 26.7 Å². The molecule has 4 rings (SSSR count). The number of aryl methyl sites for hydroxylation is 2. The van der Waals surface area contributed by atoms with Gasteiger partial charge in [-0.1, -0.05) is 18.2 Å². The minimum Gasteiger partial charge on any atom is -0.368 e. The first-order valence-corrected chi connectivity index (χ1v) is 12.0. The standard InChI is InChI=1S/C22H29N3O4S/c1-14-6-7-17(13-15(14)2)20-16(3)21(24-30(20,27)28)25-10-8-18(9-11-25)23-22(26)19-5-4-12-29-19/h6-7,13,18-19H,4-5,8-12H2,1-3H3,(H,23,26). The molecule has 0 aliphatic carbocycles. The van der Waals surface area contributed by atoms with Crippen molar-refractivity contribution in [2.75, 3.05) is 19.7 Å². The van der Waals surface area contributed by atoms with Crippen molar-refractivity contribution in [2.45, 2.75) is 58.6 Å². The van der Waals surface area contributed by atoms with Gasteiger partial charge >= 0.3 is 0 Å². The molecule has 1 atom stereocenters. The average Bonchev–Trinajstić information content (AvgIpc) is 3.31. The predicted octanol–water partition coefficient (Wildman–Crippen LogP) is 2.54. The summed E-state index contributed by atoms with van der Waals surface area (Å²) in [5, 5.41) is 3.08. The fourth-order valence-electron chi connectivity index (χ4n) is 4.38. The highest BCUT2D eigenvalue weighted by Crippen LogP contribution is 2.35. The molecular formula is C22H29N3O4S. The summed E-state index contributed by atoms with van der Waals surface area (Å²) in [6.45, 7) is 7.78. The van der Waals surface area contributed by atoms with E-state index in [1.54, 1.807) is 0 Å². The van der Waals surface area contributed by atoms with Crippen molar-refractivity contribution in [3.8, 4) is 0 Å². The Balaban J connectivity index is 1.46. The Morgan fingerprint density at radius 2 is 1.87 bits per heavy atom. The molecule has 0 spiro atoms. The van der Waals surface area contributed by atoms with E-state index in [9.17, 15) is 13.2 Å². The van der Waals surface area contributed by atoms with Gasteiger partial charge in [0.25, 0.3) is 10.0 Å². The summed E-state index contributed by atoms with van der Waals surface area (Å²) in [5.74, 6) is 0.506. The Labute approximate surface area is 178 Å². The van der Waals surface area contributed by atoms with E-state index in [4.69, 9.17) is 4.74 Å². The maximum atomic E-state index is 12.8. The third-order valence-electron chi connectivity index (χ3n) is 6.27. The molecule has 0 bridgehead atoms. The lowest BCUT2D eigenvalue weighted by Gasteiger charge is -2.34. The lowest BCUT2D eigenvalue weighted by Crippen LogP contribution is -2.48. The number of benzene rings is 1. The van der Waals surface area contributed by atoms with Crippen LogP contribution >= 0.6 is 0 Å². The molecule has 0 saturated carbocycles. The largest absolute Gasteiger partial charge is 0.368 e. The molecule has 2 saturated heterocycles. The number of piperidine rings is 1. The summed E-state index contributed by atoms with van der Waals surface area (Å²) in [5.41, 5.74) is 3.56. The molecule has 30 heavy (non-hydrogen) atoms. The molecule has 0 aromatic heterocycles. The highest BCUT2D eigenvalue weighted by molar-refractivity contribution is 8.00. The highest BCUT2D eigenvalue weighted by Gasteiger charge is 2.35. The number of hydrogen-bond donors (Lipinski definition) is 1. The molecule has 3 aliphatic heterocycles. The topological polar surface area (TPSA) is 88.1 Å². The van der Waals surface area contributed by atoms with Crippen LogP contribution in [0.2, 0.25) is 0 Å². The van der Waals surface area contributed by atoms with Crippen LogP contribution in [0, 0.1) is 13.8 Å². The fraction of sp³-hybridized carbons (Fsp3) is 0.545. The van der Waals surface area contributed by atoms with Gasteiger partial charge in [-0.25, -0.2) is 0 Å². The number of nitrogens with one attached hydrogen (secondary N) is 1. The zero-order valence-corrected chi connectivity index (χ0v) is 18.6. The minimum atomic E-state index is -3.72. The first kappa shape index (κ1) is 21.1. The average molecular weight is 432 g/mol. The van der Waals surface area contributed by atoms with Gasteiger partial charge in [-0.2, -0.15) is 8.42 Å². The number of sulfonamides is 1. The van der Waals surface area contributed by atoms with E-state index in [0.29, 0.717) is 41.6 Å². The van der Waals surface area contributed by atoms with Gasteiger partial charge in [0.1, 0.15) is 16.8 Å². The first-order valence-electron chi connectivity index (χ1n) is 10.6. The molecule has 7 nitrogen and oxygen atoms in total. The fourth-order valence-corrected chi connectivity index (χ4v) is 5.85. The first-order chi connectivity index (χ1) is 14.3. The number of amides is 1. The number of carbonyl (C=O) groups is 1. The van der Waals surface area contributed by atoms with Crippen molar-refractivity contribution in [3.05, 3.63) is 40.5 Å². The number of hydrogen-bond acceptors (Lipinski definition) is 5. The van der Waals surface area contributed by atoms with Crippen molar-refractivity contribution in [1.29, 1.82) is 0 Å². The molecule has 1 amide bonds. The van der Waals surface area contributed by atoms with E-state index in [2.05, 4.69) is 9.71 Å². The Hall–Kier alpha value is -2.19. The van der Waals surface area contributed by atoms with Crippen LogP contribution in [0.3, 0.4) is 0 Å². The zero-order chi connectivity index (χ0) is 21.5. The van der Waals surface area contributed by atoms with Gasteiger partial charge in [-0.15, -0.1) is 4.40 Å². The second kappa shape index (κ2) is 8.15. The maximum Gasteiger partial charge on any atom is 0.285 e. The maximum absolute atomic E-state index is 12.8. The zero-order valence-electron chi connectivity index (χ0n) is 17.8. The molecule has 3 heterocycles. The minimum absolute atomic E-state index is 0.0279. The second-order valence-corrected chi connectivity index (χ2v) is 9.96. The van der Waals surface area contributed by atoms with Crippen LogP contribution in [0.15, 0.2) is 28.2 Å². The monoisotopic (exact) mass is 431 g/mol. The van der Waals surface area contributed by atoms with E-state index in [0.717, 1.165) is 36.8 Å². The summed E-state index contributed by atoms with van der Waals surface area (Å²) in [6.07, 6.45) is 2.90. The smallest absolute Gasteiger partial charge is 0.285 e. The van der Waals surface area contributed by atoms with Crippen LogP contribution in [-0.4, -0.2) is 56.9 Å². The molecule has 8 heteroatoms. The molecule has 1 unspecified atom stereocenters. The van der Waals surface area contributed by atoms with Crippen LogP contribution in [0.4, 0.5) is 0 Å². The third kappa shape index (κ3) is 4.03. The highest BCUT2D eigenvalue weighted by atomic mass is 32.2. The number of rotatable bonds is 3. The van der Waals surface area contributed by atoms with Crippen LogP contribution < -0.4 is 5.32 Å². The molecular weight excluding hydrogens is 402 g/mol. The number of carbonyl (C=O) groups excluding carboxylic acids is 1. The Morgan fingerprint density at radius 3 is 2.50 bits per heavy atom. The Bertz CT molecular complexity index is 1010. The van der Waals surface area contributed by atoms with Gasteiger partial charge in [0, 0.05) is 31.3 Å². The lowest BCUT2D eigenvalue weighted by molar-refractivity contribution is -0.131. The number of likely N-dealkylation sites (tertiary alicyclic amines) is 1. The Kier molecular flexibility index (Phi) is 5.72. The Morgan fingerprint density at radius 1 is 1.13 bits per heavy atom. The van der Waals surface area contributed by atoms with Gasteiger partial charge in [0.2, 0.25) is 5.91 Å². The predicted molar refractivity (Wildman–Crippen MR) is 117 cm³/mol. The molecule has 2 fully saturated rings. The van der Waals surface area contributed by atoms with Gasteiger partial charge in [0.05, 0.1) is 0 Å². The van der Waals surface area contributed by atoms with E-state index < -0.39 is 10.0 Å². The molecule has 1 aromatic rings. The molecule has 1 aromatic carbocycles. The lowest BCUT2D eigenvalue weighted by atomic mass is 10.0. The molecule has 0 radical (unpaired) electrons. The normalized spacial score (nSPS) is 24.3. The SMILES string of the molecule is CC1=C(c2ccc(C)c(C)c2)S(=O)(=O)N=C1N1CCC(NC(=O)C2CCCO2)CC1. The molecule has 3 aliphatic rings. The van der Waals surface area contributed by atoms with Crippen LogP contribution in [0.1, 0.15) is 49.3 Å². The van der Waals surface area contributed by atoms with E-state index in [-0.39, 0.29) is 18.1 Å². The van der Waals surface area contributed by atoms with E-state index in [1.165, 1.54) is 0 Å². The third-order valence-corrected chi connectivity index (χ3v) is 7.74. The van der Waals surface area contributed by atoms with Gasteiger partial charge < -0.3 is 15.0 Å². The molecule has 162 valence electrons. The van der Waals surface area contributed by atoms with Crippen molar-refractivity contribution < 1.29 is 17.9 Å². The quantitative estimate of drug-likeness (QED) is 0.795. The summed E-state index contributed by atoms with van der Waals surface area (Å²) < 4.78 is 35.2. The van der Waals surface area contributed by atoms with Gasteiger partial charge in [-0.05, 0) is 63.1 Å². The summed E-state index contributed by atoms with van der Waals surface area (Å²) in [6, 6.07) is 5.79. The van der Waals surface area contributed by atoms with Crippen LogP contribution in [0.5, 0.6) is 0 Å². The van der Waals surface area contributed by atoms with Gasteiger partial charge in [-0.3, -0.25) is 4.79 Å². The van der Waals surface area contributed by atoms with Crippen molar-refractivity contribution in [3.63, 3.8) is 0 Å². The van der Waals surface area contributed by atoms with Crippen molar-refractivity contribution in [1.82, 2.24) is 10.2 Å².